The molecule has 1 aliphatic heterocycles. The lowest BCUT2D eigenvalue weighted by atomic mass is 10.1. The summed E-state index contributed by atoms with van der Waals surface area (Å²) in [5.41, 5.74) is 3.89. The van der Waals surface area contributed by atoms with E-state index in [9.17, 15) is 4.79 Å². The Kier molecular flexibility index (Phi) is 5.38. The van der Waals surface area contributed by atoms with Crippen molar-refractivity contribution in [3.63, 3.8) is 0 Å². The van der Waals surface area contributed by atoms with Gasteiger partial charge in [-0.25, -0.2) is 0 Å². The Balaban J connectivity index is 1.55. The number of aromatic nitrogens is 2. The van der Waals surface area contributed by atoms with Crippen molar-refractivity contribution in [1.29, 1.82) is 0 Å². The van der Waals surface area contributed by atoms with Crippen molar-refractivity contribution in [3.8, 4) is 0 Å². The van der Waals surface area contributed by atoms with Gasteiger partial charge in [0.2, 0.25) is 0 Å². The van der Waals surface area contributed by atoms with E-state index >= 15 is 0 Å². The predicted molar refractivity (Wildman–Crippen MR) is 100 cm³/mol. The number of nitrogens with one attached hydrogen (secondary N) is 2. The van der Waals surface area contributed by atoms with Gasteiger partial charge >= 0.3 is 0 Å². The molecule has 1 fully saturated rings. The second-order valence-electron chi connectivity index (χ2n) is 6.96. The monoisotopic (exact) mass is 341 g/mol. The first-order valence-electron chi connectivity index (χ1n) is 8.86. The molecule has 134 valence electrons. The SMILES string of the molecule is Cc1cc(CC(C)NC(=O)c2ccc(N3CCN(C)CC3)cc2)n[nH]1. The third-order valence-electron chi connectivity index (χ3n) is 4.65. The number of piperazine rings is 1. The maximum atomic E-state index is 12.4. The molecule has 0 spiro atoms. The topological polar surface area (TPSA) is 64.3 Å². The molecular formula is C19H27N5O. The summed E-state index contributed by atoms with van der Waals surface area (Å²) in [6.07, 6.45) is 0.718. The summed E-state index contributed by atoms with van der Waals surface area (Å²) in [5.74, 6) is -0.0373. The number of hydrogen-bond acceptors (Lipinski definition) is 4. The van der Waals surface area contributed by atoms with Crippen molar-refractivity contribution in [2.75, 3.05) is 38.1 Å². The van der Waals surface area contributed by atoms with Crippen LogP contribution < -0.4 is 10.2 Å². The molecule has 6 nitrogen and oxygen atoms in total. The summed E-state index contributed by atoms with van der Waals surface area (Å²) in [7, 11) is 2.15. The minimum atomic E-state index is -0.0373. The summed E-state index contributed by atoms with van der Waals surface area (Å²) < 4.78 is 0. The van der Waals surface area contributed by atoms with Crippen LogP contribution in [0.1, 0.15) is 28.7 Å². The minimum absolute atomic E-state index is 0.0347. The third kappa shape index (κ3) is 4.60. The highest BCUT2D eigenvalue weighted by Gasteiger charge is 2.15. The average molecular weight is 341 g/mol. The van der Waals surface area contributed by atoms with E-state index < -0.39 is 0 Å². The molecule has 1 aromatic heterocycles. The second kappa shape index (κ2) is 7.70. The van der Waals surface area contributed by atoms with E-state index in [-0.39, 0.29) is 11.9 Å². The highest BCUT2D eigenvalue weighted by molar-refractivity contribution is 5.94. The molecule has 6 heteroatoms. The molecule has 1 atom stereocenters. The Bertz CT molecular complexity index is 701. The molecule has 0 saturated carbocycles. The van der Waals surface area contributed by atoms with Gasteiger partial charge in [-0.05, 0) is 51.2 Å². The molecule has 25 heavy (non-hydrogen) atoms. The number of benzene rings is 1. The zero-order chi connectivity index (χ0) is 17.8. The normalized spacial score (nSPS) is 16.7. The molecule has 2 heterocycles. The fourth-order valence-corrected chi connectivity index (χ4v) is 3.14. The minimum Gasteiger partial charge on any atom is -0.369 e. The Labute approximate surface area is 149 Å². The molecule has 0 bridgehead atoms. The number of likely N-dealkylation sites (N-methyl/N-ethyl adjacent to an activating group) is 1. The summed E-state index contributed by atoms with van der Waals surface area (Å²) in [6.45, 7) is 8.19. The highest BCUT2D eigenvalue weighted by Crippen LogP contribution is 2.17. The second-order valence-corrected chi connectivity index (χ2v) is 6.96. The Hall–Kier alpha value is -2.34. The van der Waals surface area contributed by atoms with Gasteiger partial charge in [-0.1, -0.05) is 0 Å². The Morgan fingerprint density at radius 2 is 1.92 bits per heavy atom. The van der Waals surface area contributed by atoms with Crippen LogP contribution in [-0.2, 0) is 6.42 Å². The molecule has 2 N–H and O–H groups in total. The summed E-state index contributed by atoms with van der Waals surface area (Å²) >= 11 is 0. The number of amides is 1. The molecule has 3 rings (SSSR count). The van der Waals surface area contributed by atoms with Crippen molar-refractivity contribution in [1.82, 2.24) is 20.4 Å². The molecule has 1 amide bonds. The highest BCUT2D eigenvalue weighted by atomic mass is 16.1. The van der Waals surface area contributed by atoms with Crippen LogP contribution in [0.4, 0.5) is 5.69 Å². The van der Waals surface area contributed by atoms with Gasteiger partial charge in [0.25, 0.3) is 5.91 Å². The van der Waals surface area contributed by atoms with Gasteiger partial charge in [0.15, 0.2) is 0 Å². The van der Waals surface area contributed by atoms with Crippen LogP contribution in [0.5, 0.6) is 0 Å². The predicted octanol–water partition coefficient (Wildman–Crippen LogP) is 1.83. The maximum Gasteiger partial charge on any atom is 0.251 e. The van der Waals surface area contributed by atoms with E-state index in [4.69, 9.17) is 0 Å². The lowest BCUT2D eigenvalue weighted by Crippen LogP contribution is -2.44. The number of hydrogen-bond donors (Lipinski definition) is 2. The van der Waals surface area contributed by atoms with E-state index in [1.807, 2.05) is 44.2 Å². The first kappa shape index (κ1) is 17.5. The average Bonchev–Trinajstić information content (AvgIpc) is 3.00. The molecule has 0 radical (unpaired) electrons. The number of H-pyrrole nitrogens is 1. The van der Waals surface area contributed by atoms with Crippen LogP contribution in [0.2, 0.25) is 0 Å². The van der Waals surface area contributed by atoms with Crippen LogP contribution in [-0.4, -0.2) is 60.3 Å². The van der Waals surface area contributed by atoms with Gasteiger partial charge in [-0.15, -0.1) is 0 Å². The van der Waals surface area contributed by atoms with Gasteiger partial charge in [0.1, 0.15) is 0 Å². The Morgan fingerprint density at radius 1 is 1.24 bits per heavy atom. The van der Waals surface area contributed by atoms with E-state index in [0.29, 0.717) is 5.56 Å². The van der Waals surface area contributed by atoms with E-state index in [0.717, 1.165) is 44.0 Å². The van der Waals surface area contributed by atoms with Crippen LogP contribution >= 0.6 is 0 Å². The summed E-state index contributed by atoms with van der Waals surface area (Å²) in [4.78, 5) is 17.1. The van der Waals surface area contributed by atoms with Crippen molar-refractivity contribution in [2.45, 2.75) is 26.3 Å². The molecular weight excluding hydrogens is 314 g/mol. The Morgan fingerprint density at radius 3 is 2.52 bits per heavy atom. The van der Waals surface area contributed by atoms with E-state index in [1.54, 1.807) is 0 Å². The van der Waals surface area contributed by atoms with Crippen molar-refractivity contribution in [2.24, 2.45) is 0 Å². The van der Waals surface area contributed by atoms with Gasteiger partial charge in [0.05, 0.1) is 5.69 Å². The van der Waals surface area contributed by atoms with Crippen LogP contribution in [0, 0.1) is 6.92 Å². The van der Waals surface area contributed by atoms with Gasteiger partial charge in [-0.2, -0.15) is 5.10 Å². The first-order valence-corrected chi connectivity index (χ1v) is 8.86. The molecule has 2 aromatic rings. The standard InChI is InChI=1S/C19H27N5O/c1-14(12-17-13-15(2)21-22-17)20-19(25)16-4-6-18(7-5-16)24-10-8-23(3)9-11-24/h4-7,13-14H,8-12H2,1-3H3,(H,20,25)(H,21,22). The number of carbonyl (C=O) groups is 1. The third-order valence-corrected chi connectivity index (χ3v) is 4.65. The number of aromatic amines is 1. The lowest BCUT2D eigenvalue weighted by molar-refractivity contribution is 0.0940. The molecule has 1 unspecified atom stereocenters. The fourth-order valence-electron chi connectivity index (χ4n) is 3.14. The van der Waals surface area contributed by atoms with Crippen molar-refractivity contribution in [3.05, 3.63) is 47.3 Å². The van der Waals surface area contributed by atoms with Crippen LogP contribution in [0.3, 0.4) is 0 Å². The lowest BCUT2D eigenvalue weighted by Gasteiger charge is -2.34. The first-order chi connectivity index (χ1) is 12.0. The van der Waals surface area contributed by atoms with Crippen molar-refractivity contribution < 1.29 is 4.79 Å². The number of carbonyl (C=O) groups excluding carboxylic acids is 1. The van der Waals surface area contributed by atoms with Gasteiger partial charge in [-0.3, -0.25) is 9.89 Å². The molecule has 1 saturated heterocycles. The van der Waals surface area contributed by atoms with Gasteiger partial charge < -0.3 is 15.1 Å². The fraction of sp³-hybridized carbons (Fsp3) is 0.474. The molecule has 1 aromatic carbocycles. The summed E-state index contributed by atoms with van der Waals surface area (Å²) in [5, 5.41) is 10.2. The largest absolute Gasteiger partial charge is 0.369 e. The van der Waals surface area contributed by atoms with Crippen molar-refractivity contribution >= 4 is 11.6 Å². The molecule has 1 aliphatic rings. The van der Waals surface area contributed by atoms with E-state index in [1.165, 1.54) is 5.69 Å². The zero-order valence-corrected chi connectivity index (χ0v) is 15.2. The van der Waals surface area contributed by atoms with Crippen LogP contribution in [0.25, 0.3) is 0 Å². The number of nitrogens with zero attached hydrogens (tertiary/aromatic N) is 3. The van der Waals surface area contributed by atoms with Gasteiger partial charge in [0, 0.05) is 55.6 Å². The number of aryl methyl sites for hydroxylation is 1. The smallest absolute Gasteiger partial charge is 0.251 e. The molecule has 0 aliphatic carbocycles. The zero-order valence-electron chi connectivity index (χ0n) is 15.2. The number of rotatable bonds is 5. The summed E-state index contributed by atoms with van der Waals surface area (Å²) in [6, 6.07) is 9.95. The number of anilines is 1. The van der Waals surface area contributed by atoms with Crippen LogP contribution in [0.15, 0.2) is 30.3 Å². The maximum absolute atomic E-state index is 12.4. The quantitative estimate of drug-likeness (QED) is 0.871. The van der Waals surface area contributed by atoms with E-state index in [2.05, 4.69) is 32.4 Å².